The maximum Gasteiger partial charge on any atom is 0.376 e. The molecule has 0 saturated carbocycles. The number of likely N-dealkylation sites (N-methyl/N-ethyl adjacent to an activating group) is 1. The SMILES string of the molecule is CN1NOC(=O)/C1=C/C(=NC(=O)c1ccccc1)C(=O)NN1CCCCC1. The molecular weight excluding hydrogens is 350 g/mol. The highest BCUT2D eigenvalue weighted by atomic mass is 16.7. The fraction of sp³-hybridized carbons (Fsp3) is 0.333. The van der Waals surface area contributed by atoms with Gasteiger partial charge in [0.25, 0.3) is 11.8 Å². The highest BCUT2D eigenvalue weighted by molar-refractivity contribution is 6.45. The van der Waals surface area contributed by atoms with Crippen molar-refractivity contribution >= 4 is 23.5 Å². The van der Waals surface area contributed by atoms with Crippen LogP contribution in [0.3, 0.4) is 0 Å². The minimum atomic E-state index is -0.664. The molecular formula is C18H21N5O4. The summed E-state index contributed by atoms with van der Waals surface area (Å²) in [5, 5.41) is 3.10. The standard InChI is InChI=1S/C18H21N5O4/c1-22-15(18(26)27-21-22)12-14(17(25)20-23-10-6-3-7-11-23)19-16(24)13-8-4-2-5-9-13/h2,4-5,8-9,12,21H,3,6-7,10-11H2,1H3,(H,20,25)/b15-12-,19-14?. The van der Waals surface area contributed by atoms with Crippen molar-refractivity contribution < 1.29 is 19.2 Å². The number of aliphatic imine (C=N–C) groups is 1. The van der Waals surface area contributed by atoms with Crippen LogP contribution in [0.25, 0.3) is 0 Å². The van der Waals surface area contributed by atoms with E-state index in [0.29, 0.717) is 5.56 Å². The second-order valence-corrected chi connectivity index (χ2v) is 6.23. The molecule has 1 aromatic rings. The van der Waals surface area contributed by atoms with Crippen LogP contribution in [0.5, 0.6) is 0 Å². The molecule has 2 aliphatic heterocycles. The van der Waals surface area contributed by atoms with Gasteiger partial charge in [0.2, 0.25) is 0 Å². The molecule has 0 bridgehead atoms. The summed E-state index contributed by atoms with van der Waals surface area (Å²) in [7, 11) is 1.55. The molecule has 2 N–H and O–H groups in total. The predicted molar refractivity (Wildman–Crippen MR) is 96.8 cm³/mol. The molecule has 2 fully saturated rings. The zero-order valence-electron chi connectivity index (χ0n) is 15.0. The van der Waals surface area contributed by atoms with Crippen LogP contribution in [0.4, 0.5) is 0 Å². The Morgan fingerprint density at radius 3 is 2.52 bits per heavy atom. The summed E-state index contributed by atoms with van der Waals surface area (Å²) in [5.41, 5.74) is 5.37. The van der Waals surface area contributed by atoms with E-state index in [0.717, 1.165) is 32.4 Å². The third-order valence-corrected chi connectivity index (χ3v) is 4.21. The van der Waals surface area contributed by atoms with Gasteiger partial charge >= 0.3 is 5.97 Å². The summed E-state index contributed by atoms with van der Waals surface area (Å²) in [6.45, 7) is 1.46. The van der Waals surface area contributed by atoms with Gasteiger partial charge in [-0.3, -0.25) is 20.0 Å². The molecule has 2 saturated heterocycles. The smallest absolute Gasteiger partial charge is 0.345 e. The Labute approximate surface area is 156 Å². The van der Waals surface area contributed by atoms with Crippen molar-refractivity contribution in [2.45, 2.75) is 19.3 Å². The minimum Gasteiger partial charge on any atom is -0.345 e. The average molecular weight is 371 g/mol. The molecule has 27 heavy (non-hydrogen) atoms. The quantitative estimate of drug-likeness (QED) is 0.589. The van der Waals surface area contributed by atoms with Gasteiger partial charge in [0.1, 0.15) is 11.4 Å². The molecule has 142 valence electrons. The zero-order chi connectivity index (χ0) is 19.2. The molecule has 0 aromatic heterocycles. The van der Waals surface area contributed by atoms with E-state index in [1.165, 1.54) is 11.1 Å². The summed E-state index contributed by atoms with van der Waals surface area (Å²) < 4.78 is 0. The van der Waals surface area contributed by atoms with E-state index >= 15 is 0 Å². The van der Waals surface area contributed by atoms with Crippen LogP contribution in [0.2, 0.25) is 0 Å². The average Bonchev–Trinajstić information content (AvgIpc) is 3.00. The molecule has 2 heterocycles. The number of carbonyl (C=O) groups is 3. The lowest BCUT2D eigenvalue weighted by molar-refractivity contribution is -0.142. The number of nitrogens with zero attached hydrogens (tertiary/aromatic N) is 3. The summed E-state index contributed by atoms with van der Waals surface area (Å²) in [4.78, 5) is 45.6. The summed E-state index contributed by atoms with van der Waals surface area (Å²) in [6.07, 6.45) is 4.32. The lowest BCUT2D eigenvalue weighted by atomic mass is 10.2. The number of benzene rings is 1. The third kappa shape index (κ3) is 4.78. The van der Waals surface area contributed by atoms with Crippen LogP contribution in [0.15, 0.2) is 47.1 Å². The first-order valence-electron chi connectivity index (χ1n) is 8.71. The first kappa shape index (κ1) is 18.7. The van der Waals surface area contributed by atoms with Gasteiger partial charge in [0, 0.05) is 31.8 Å². The van der Waals surface area contributed by atoms with Crippen molar-refractivity contribution in [3.8, 4) is 0 Å². The lowest BCUT2D eigenvalue weighted by Gasteiger charge is -2.26. The molecule has 0 aliphatic carbocycles. The summed E-state index contributed by atoms with van der Waals surface area (Å²) >= 11 is 0. The van der Waals surface area contributed by atoms with Crippen molar-refractivity contribution in [1.29, 1.82) is 0 Å². The Hall–Kier alpha value is -3.04. The fourth-order valence-electron chi connectivity index (χ4n) is 2.74. The van der Waals surface area contributed by atoms with Gasteiger partial charge in [0.15, 0.2) is 0 Å². The van der Waals surface area contributed by atoms with Crippen LogP contribution in [0.1, 0.15) is 29.6 Å². The normalized spacial score (nSPS) is 19.9. The number of hydrogen-bond donors (Lipinski definition) is 2. The first-order chi connectivity index (χ1) is 13.0. The zero-order valence-corrected chi connectivity index (χ0v) is 15.0. The number of nitrogens with one attached hydrogen (secondary N) is 2. The van der Waals surface area contributed by atoms with Crippen molar-refractivity contribution in [2.24, 2.45) is 4.99 Å². The fourth-order valence-corrected chi connectivity index (χ4v) is 2.74. The van der Waals surface area contributed by atoms with Crippen LogP contribution < -0.4 is 11.0 Å². The Kier molecular flexibility index (Phi) is 5.94. The molecule has 9 nitrogen and oxygen atoms in total. The topological polar surface area (TPSA) is 103 Å². The molecule has 2 aliphatic rings. The molecule has 9 heteroatoms. The predicted octanol–water partition coefficient (Wildman–Crippen LogP) is 0.577. The van der Waals surface area contributed by atoms with Gasteiger partial charge < -0.3 is 4.84 Å². The Balaban J connectivity index is 1.87. The van der Waals surface area contributed by atoms with E-state index in [1.54, 1.807) is 42.4 Å². The van der Waals surface area contributed by atoms with Gasteiger partial charge in [-0.05, 0) is 25.0 Å². The molecule has 0 spiro atoms. The lowest BCUT2D eigenvalue weighted by Crippen LogP contribution is -2.47. The maximum atomic E-state index is 12.7. The molecule has 0 unspecified atom stereocenters. The molecule has 2 amide bonds. The second kappa shape index (κ2) is 8.56. The second-order valence-electron chi connectivity index (χ2n) is 6.23. The largest absolute Gasteiger partial charge is 0.376 e. The van der Waals surface area contributed by atoms with Crippen LogP contribution in [0, 0.1) is 0 Å². The minimum absolute atomic E-state index is 0.0726. The van der Waals surface area contributed by atoms with Gasteiger partial charge in [0.05, 0.1) is 0 Å². The highest BCUT2D eigenvalue weighted by Gasteiger charge is 2.27. The molecule has 0 radical (unpaired) electrons. The van der Waals surface area contributed by atoms with Gasteiger partial charge in [-0.15, -0.1) is 0 Å². The van der Waals surface area contributed by atoms with E-state index in [9.17, 15) is 14.4 Å². The van der Waals surface area contributed by atoms with Crippen molar-refractivity contribution in [3.63, 3.8) is 0 Å². The van der Waals surface area contributed by atoms with Crippen molar-refractivity contribution in [2.75, 3.05) is 20.1 Å². The van der Waals surface area contributed by atoms with Crippen LogP contribution in [-0.4, -0.2) is 53.7 Å². The number of hydrazine groups is 2. The van der Waals surface area contributed by atoms with Gasteiger partial charge in [-0.2, -0.15) is 0 Å². The molecule has 1 aromatic carbocycles. The summed E-state index contributed by atoms with van der Waals surface area (Å²) in [5.74, 6) is -1.79. The monoisotopic (exact) mass is 371 g/mol. The van der Waals surface area contributed by atoms with E-state index < -0.39 is 17.8 Å². The number of amides is 2. The van der Waals surface area contributed by atoms with Crippen molar-refractivity contribution in [1.82, 2.24) is 21.0 Å². The van der Waals surface area contributed by atoms with Gasteiger partial charge in [-0.25, -0.2) is 14.8 Å². The van der Waals surface area contributed by atoms with E-state index in [2.05, 4.69) is 20.8 Å². The van der Waals surface area contributed by atoms with E-state index in [1.807, 2.05) is 0 Å². The first-order valence-corrected chi connectivity index (χ1v) is 8.71. The van der Waals surface area contributed by atoms with E-state index in [-0.39, 0.29) is 11.4 Å². The van der Waals surface area contributed by atoms with Crippen LogP contribution >= 0.6 is 0 Å². The summed E-state index contributed by atoms with van der Waals surface area (Å²) in [6, 6.07) is 8.41. The Morgan fingerprint density at radius 1 is 1.19 bits per heavy atom. The van der Waals surface area contributed by atoms with Crippen molar-refractivity contribution in [3.05, 3.63) is 47.7 Å². The highest BCUT2D eigenvalue weighted by Crippen LogP contribution is 2.10. The number of piperidine rings is 1. The Morgan fingerprint density at radius 2 is 1.89 bits per heavy atom. The number of carbonyl (C=O) groups excluding carboxylic acids is 3. The van der Waals surface area contributed by atoms with E-state index in [4.69, 9.17) is 0 Å². The third-order valence-electron chi connectivity index (χ3n) is 4.21. The molecule has 0 atom stereocenters. The number of hydrogen-bond acceptors (Lipinski definition) is 7. The van der Waals surface area contributed by atoms with Gasteiger partial charge in [-0.1, -0.05) is 30.2 Å². The maximum absolute atomic E-state index is 12.7. The Bertz CT molecular complexity index is 784. The van der Waals surface area contributed by atoms with Crippen LogP contribution in [-0.2, 0) is 14.4 Å². The molecule has 3 rings (SSSR count). The number of rotatable bonds is 4.